The number of ether oxygens (including phenoxy) is 1. The molecule has 1 heterocycles. The molecule has 2 rings (SSSR count). The van der Waals surface area contributed by atoms with Gasteiger partial charge in [-0.25, -0.2) is 4.39 Å². The van der Waals surface area contributed by atoms with E-state index in [-0.39, 0.29) is 26.5 Å². The molecule has 0 aromatic heterocycles. The van der Waals surface area contributed by atoms with Gasteiger partial charge in [0.1, 0.15) is 17.3 Å². The first kappa shape index (κ1) is 18.1. The summed E-state index contributed by atoms with van der Waals surface area (Å²) in [5, 5.41) is 6.54. The molecule has 0 aromatic carbocycles. The van der Waals surface area contributed by atoms with E-state index in [0.29, 0.717) is 18.2 Å². The van der Waals surface area contributed by atoms with Crippen LogP contribution in [0, 0.1) is 0 Å². The lowest BCUT2D eigenvalue weighted by Crippen LogP contribution is -2.25. The number of rotatable bonds is 4. The molecule has 8 heteroatoms. The van der Waals surface area contributed by atoms with Crippen molar-refractivity contribution in [3.8, 4) is 0 Å². The number of allylic oxidation sites excluding steroid dienone is 5. The van der Waals surface area contributed by atoms with Crippen molar-refractivity contribution in [1.29, 1.82) is 0 Å². The lowest BCUT2D eigenvalue weighted by Gasteiger charge is -2.15. The Bertz CT molecular complexity index is 676. The molecule has 1 unspecified atom stereocenters. The Balaban J connectivity index is 2.39. The van der Waals surface area contributed by atoms with E-state index in [4.69, 9.17) is 4.74 Å². The monoisotopic (exact) mass is 407 g/mol. The molecule has 0 saturated carbocycles. The van der Waals surface area contributed by atoms with Crippen molar-refractivity contribution in [2.24, 2.45) is 4.99 Å². The molecule has 2 aliphatic rings. The molecular weight excluding hydrogens is 395 g/mol. The van der Waals surface area contributed by atoms with Gasteiger partial charge in [-0.05, 0) is 53.8 Å². The number of nitrogens with zero attached hydrogens (tertiary/aromatic N) is 1. The Kier molecular flexibility index (Phi) is 5.59. The molecular formula is C15H13BrF3NO2S. The van der Waals surface area contributed by atoms with Crippen LogP contribution >= 0.6 is 27.7 Å². The van der Waals surface area contributed by atoms with E-state index in [1.165, 1.54) is 13.1 Å². The van der Waals surface area contributed by atoms with Crippen LogP contribution in [0.5, 0.6) is 0 Å². The normalized spacial score (nSPS) is 24.7. The zero-order chi connectivity index (χ0) is 17.2. The Morgan fingerprint density at radius 1 is 1.57 bits per heavy atom. The van der Waals surface area contributed by atoms with E-state index in [2.05, 4.69) is 27.6 Å². The van der Waals surface area contributed by atoms with Crippen molar-refractivity contribution in [3.05, 3.63) is 56.7 Å². The summed E-state index contributed by atoms with van der Waals surface area (Å²) in [7, 11) is 0. The number of fused-ring (bicyclic) bond motifs is 1. The van der Waals surface area contributed by atoms with E-state index in [1.54, 1.807) is 12.2 Å². The number of hydrogen-bond acceptors (Lipinski definition) is 4. The smallest absolute Gasteiger partial charge is 0.327 e. The third kappa shape index (κ3) is 3.99. The zero-order valence-corrected chi connectivity index (χ0v) is 14.4. The van der Waals surface area contributed by atoms with Crippen molar-refractivity contribution in [2.75, 3.05) is 0 Å². The van der Waals surface area contributed by atoms with Gasteiger partial charge in [-0.1, -0.05) is 6.08 Å². The standard InChI is InChI=1S/C15H13BrF3NO2S/c1-8(17)6-9(7-20-2)22-10-4-3-5-11-12(13(10)16)14(21)15(18,19)23-11/h4-7,14,21H,2-3H2,1H3/b8-6+,9-7+. The average Bonchev–Trinajstić information content (AvgIpc) is 2.57. The van der Waals surface area contributed by atoms with Gasteiger partial charge < -0.3 is 9.84 Å². The number of aliphatic hydroxyl groups excluding tert-OH is 1. The second kappa shape index (κ2) is 7.11. The summed E-state index contributed by atoms with van der Waals surface area (Å²) < 4.78 is 46.2. The molecule has 1 aliphatic heterocycles. The third-order valence-electron chi connectivity index (χ3n) is 2.95. The fourth-order valence-corrected chi connectivity index (χ4v) is 3.86. The summed E-state index contributed by atoms with van der Waals surface area (Å²) in [4.78, 5) is 3.80. The molecule has 3 nitrogen and oxygen atoms in total. The number of alkyl halides is 2. The largest absolute Gasteiger partial charge is 0.455 e. The van der Waals surface area contributed by atoms with Crippen LogP contribution in [0.25, 0.3) is 0 Å². The van der Waals surface area contributed by atoms with Crippen molar-refractivity contribution < 1.29 is 23.0 Å². The highest BCUT2D eigenvalue weighted by Crippen LogP contribution is 2.54. The number of aliphatic imine (C=N–C) groups is 1. The van der Waals surface area contributed by atoms with Gasteiger partial charge in [0, 0.05) is 16.6 Å². The van der Waals surface area contributed by atoms with Gasteiger partial charge in [-0.3, -0.25) is 4.99 Å². The molecule has 23 heavy (non-hydrogen) atoms. The Labute approximate surface area is 144 Å². The molecule has 0 aromatic rings. The topological polar surface area (TPSA) is 41.8 Å². The van der Waals surface area contributed by atoms with Gasteiger partial charge in [0.25, 0.3) is 0 Å². The molecule has 124 valence electrons. The minimum Gasteiger partial charge on any atom is -0.455 e. The second-order valence-corrected chi connectivity index (χ2v) is 6.69. The Morgan fingerprint density at radius 2 is 2.26 bits per heavy atom. The van der Waals surface area contributed by atoms with Gasteiger partial charge in [0.05, 0.1) is 10.7 Å². The van der Waals surface area contributed by atoms with Crippen molar-refractivity contribution in [2.45, 2.75) is 24.7 Å². The molecule has 0 spiro atoms. The molecule has 0 bridgehead atoms. The first-order chi connectivity index (χ1) is 10.8. The van der Waals surface area contributed by atoms with Crippen LogP contribution in [0.4, 0.5) is 13.2 Å². The van der Waals surface area contributed by atoms with Crippen molar-refractivity contribution >= 4 is 34.4 Å². The lowest BCUT2D eigenvalue weighted by atomic mass is 10.1. The highest BCUT2D eigenvalue weighted by molar-refractivity contribution is 9.12. The fraction of sp³-hybridized carbons (Fsp3) is 0.267. The zero-order valence-electron chi connectivity index (χ0n) is 12.0. The predicted octanol–water partition coefficient (Wildman–Crippen LogP) is 4.94. The van der Waals surface area contributed by atoms with E-state index >= 15 is 0 Å². The quantitative estimate of drug-likeness (QED) is 0.407. The van der Waals surface area contributed by atoms with Gasteiger partial charge in [0.2, 0.25) is 0 Å². The van der Waals surface area contributed by atoms with E-state index in [0.717, 1.165) is 6.08 Å². The average molecular weight is 408 g/mol. The third-order valence-corrected chi connectivity index (χ3v) is 4.87. The van der Waals surface area contributed by atoms with Crippen LogP contribution < -0.4 is 0 Å². The Hall–Kier alpha value is -1.25. The summed E-state index contributed by atoms with van der Waals surface area (Å²) in [6.07, 6.45) is 3.86. The van der Waals surface area contributed by atoms with Crippen LogP contribution in [-0.2, 0) is 4.74 Å². The van der Waals surface area contributed by atoms with Crippen LogP contribution in [0.3, 0.4) is 0 Å². The van der Waals surface area contributed by atoms with Gasteiger partial charge >= 0.3 is 5.25 Å². The Morgan fingerprint density at radius 3 is 2.87 bits per heavy atom. The second-order valence-electron chi connectivity index (χ2n) is 4.71. The maximum absolute atomic E-state index is 13.7. The summed E-state index contributed by atoms with van der Waals surface area (Å²) >= 11 is 3.51. The highest BCUT2D eigenvalue weighted by atomic mass is 79.9. The first-order valence-electron chi connectivity index (χ1n) is 6.49. The van der Waals surface area contributed by atoms with Crippen LogP contribution in [0.2, 0.25) is 0 Å². The predicted molar refractivity (Wildman–Crippen MR) is 88.9 cm³/mol. The summed E-state index contributed by atoms with van der Waals surface area (Å²) in [6.45, 7) is 4.50. The summed E-state index contributed by atoms with van der Waals surface area (Å²) in [6, 6.07) is 0. The van der Waals surface area contributed by atoms with E-state index in [1.807, 2.05) is 0 Å². The fourth-order valence-electron chi connectivity index (χ4n) is 2.03. The van der Waals surface area contributed by atoms with Crippen LogP contribution in [0.1, 0.15) is 13.3 Å². The summed E-state index contributed by atoms with van der Waals surface area (Å²) in [5.41, 5.74) is 0.0515. The van der Waals surface area contributed by atoms with E-state index < -0.39 is 17.2 Å². The van der Waals surface area contributed by atoms with Crippen LogP contribution in [0.15, 0.2) is 61.7 Å². The molecule has 1 N–H and O–H groups in total. The maximum atomic E-state index is 13.7. The molecule has 1 fully saturated rings. The van der Waals surface area contributed by atoms with Crippen molar-refractivity contribution in [1.82, 2.24) is 0 Å². The maximum Gasteiger partial charge on any atom is 0.327 e. The SMILES string of the molecule is C=N/C=C(\C=C(/C)F)OC1=CCC=C2SC(F)(F)C(O)C2=C1Br. The number of thioether (sulfide) groups is 1. The molecule has 0 amide bonds. The minimum absolute atomic E-state index is 0.0515. The number of aliphatic hydroxyl groups is 1. The first-order valence-corrected chi connectivity index (χ1v) is 8.10. The van der Waals surface area contributed by atoms with Crippen molar-refractivity contribution in [3.63, 3.8) is 0 Å². The van der Waals surface area contributed by atoms with Gasteiger partial charge in [-0.2, -0.15) is 8.78 Å². The lowest BCUT2D eigenvalue weighted by molar-refractivity contribution is -0.00636. The van der Waals surface area contributed by atoms with Crippen LogP contribution in [-0.4, -0.2) is 23.2 Å². The van der Waals surface area contributed by atoms with Gasteiger partial charge in [-0.15, -0.1) is 0 Å². The van der Waals surface area contributed by atoms with Gasteiger partial charge in [0.15, 0.2) is 6.10 Å². The molecule has 1 saturated heterocycles. The molecule has 1 atom stereocenters. The number of hydrogen-bond donors (Lipinski definition) is 1. The van der Waals surface area contributed by atoms with E-state index in [9.17, 15) is 18.3 Å². The number of halogens is 4. The molecule has 0 radical (unpaired) electrons. The minimum atomic E-state index is -3.31. The summed E-state index contributed by atoms with van der Waals surface area (Å²) in [5.74, 6) is -0.269. The molecule has 1 aliphatic carbocycles. The highest BCUT2D eigenvalue weighted by Gasteiger charge is 2.51.